The van der Waals surface area contributed by atoms with Crippen molar-refractivity contribution in [2.75, 3.05) is 6.61 Å². The first-order valence-electron chi connectivity index (χ1n) is 11.1. The van der Waals surface area contributed by atoms with Crippen LogP contribution in [-0.4, -0.2) is 22.8 Å². The minimum absolute atomic E-state index is 0.181. The Labute approximate surface area is 178 Å². The predicted octanol–water partition coefficient (Wildman–Crippen LogP) is 4.79. The Hall–Kier alpha value is -2.57. The third kappa shape index (κ3) is 3.55. The molecule has 0 radical (unpaired) electrons. The number of aliphatic hydroxyl groups is 1. The highest BCUT2D eigenvalue weighted by atomic mass is 16.4. The third-order valence-corrected chi connectivity index (χ3v) is 7.58. The summed E-state index contributed by atoms with van der Waals surface area (Å²) < 4.78 is 0. The Bertz CT molecular complexity index is 987. The smallest absolute Gasteiger partial charge is 0.335 e. The first-order valence-corrected chi connectivity index (χ1v) is 11.1. The molecular weight excluding hydrogens is 372 g/mol. The van der Waals surface area contributed by atoms with Gasteiger partial charge in [0.05, 0.1) is 5.56 Å². The molecule has 4 saturated carbocycles. The lowest BCUT2D eigenvalue weighted by Crippen LogP contribution is -2.49. The molecule has 4 bridgehead atoms. The predicted molar refractivity (Wildman–Crippen MR) is 116 cm³/mol. The number of benzene rings is 2. The van der Waals surface area contributed by atoms with Gasteiger partial charge in [-0.1, -0.05) is 17.9 Å². The quantitative estimate of drug-likeness (QED) is 0.726. The number of rotatable bonds is 4. The fourth-order valence-electron chi connectivity index (χ4n) is 6.77. The van der Waals surface area contributed by atoms with E-state index in [9.17, 15) is 9.90 Å². The maximum atomic E-state index is 11.0. The highest BCUT2D eigenvalue weighted by Crippen LogP contribution is 2.61. The van der Waals surface area contributed by atoms with Gasteiger partial charge in [-0.05, 0) is 116 Å². The van der Waals surface area contributed by atoms with Crippen LogP contribution in [0.25, 0.3) is 0 Å². The molecule has 0 aromatic heterocycles. The summed E-state index contributed by atoms with van der Waals surface area (Å²) in [6, 6.07) is 13.2. The van der Waals surface area contributed by atoms with Crippen molar-refractivity contribution >= 4 is 5.97 Å². The van der Waals surface area contributed by atoms with Crippen molar-refractivity contribution < 1.29 is 15.0 Å². The monoisotopic (exact) mass is 400 g/mol. The van der Waals surface area contributed by atoms with Gasteiger partial charge < -0.3 is 10.2 Å². The molecule has 2 N–H and O–H groups in total. The molecule has 0 amide bonds. The average Bonchev–Trinajstić information content (AvgIpc) is 2.72. The fraction of sp³-hybridized carbons (Fsp3) is 0.444. The molecule has 3 heteroatoms. The minimum atomic E-state index is -0.922. The normalized spacial score (nSPS) is 28.8. The molecule has 154 valence electrons. The standard InChI is InChI=1S/C27H28O3/c28-10-9-23-6-5-19(2-1-18-3-7-24(8-4-18)26(29)30)14-25(23)27-15-20-11-21(16-27)13-22(12-20)17-27/h3-8,14,20-22,28H,9-13,15-17H2,(H,29,30). The average molecular weight is 401 g/mol. The number of carbonyl (C=O) groups is 1. The molecule has 4 aliphatic rings. The van der Waals surface area contributed by atoms with E-state index in [0.29, 0.717) is 6.42 Å². The molecule has 2 aromatic rings. The number of carboxylic acid groups (broad SMARTS) is 1. The van der Waals surface area contributed by atoms with E-state index in [1.807, 2.05) is 0 Å². The van der Waals surface area contributed by atoms with E-state index in [1.165, 1.54) is 49.7 Å². The molecule has 0 atom stereocenters. The van der Waals surface area contributed by atoms with Crippen molar-refractivity contribution in [3.05, 3.63) is 70.3 Å². The second-order valence-electron chi connectivity index (χ2n) is 9.68. The zero-order valence-corrected chi connectivity index (χ0v) is 17.2. The Morgan fingerprint density at radius 1 is 0.900 bits per heavy atom. The van der Waals surface area contributed by atoms with Gasteiger partial charge in [0.15, 0.2) is 0 Å². The van der Waals surface area contributed by atoms with Crippen LogP contribution in [0.15, 0.2) is 42.5 Å². The number of hydrogen-bond donors (Lipinski definition) is 2. The summed E-state index contributed by atoms with van der Waals surface area (Å²) >= 11 is 0. The number of aliphatic hydroxyl groups excluding tert-OH is 1. The number of aromatic carboxylic acids is 1. The summed E-state index contributed by atoms with van der Waals surface area (Å²) in [6.07, 6.45) is 8.85. The van der Waals surface area contributed by atoms with E-state index in [-0.39, 0.29) is 17.6 Å². The van der Waals surface area contributed by atoms with Gasteiger partial charge in [-0.25, -0.2) is 4.79 Å². The number of carboxylic acids is 1. The Kier molecular flexibility index (Phi) is 4.91. The SMILES string of the molecule is O=C(O)c1ccc(C#Cc2ccc(CCO)c(C34CC5CC(CC(C5)C3)C4)c2)cc1. The molecule has 3 nitrogen and oxygen atoms in total. The van der Waals surface area contributed by atoms with Crippen LogP contribution < -0.4 is 0 Å². The van der Waals surface area contributed by atoms with Crippen LogP contribution >= 0.6 is 0 Å². The van der Waals surface area contributed by atoms with Crippen LogP contribution in [0.5, 0.6) is 0 Å². The van der Waals surface area contributed by atoms with Crippen LogP contribution in [0.3, 0.4) is 0 Å². The summed E-state index contributed by atoms with van der Waals surface area (Å²) in [5, 5.41) is 18.7. The molecule has 0 spiro atoms. The lowest BCUT2D eigenvalue weighted by Gasteiger charge is -2.57. The molecule has 4 fully saturated rings. The molecule has 2 aromatic carbocycles. The van der Waals surface area contributed by atoms with Gasteiger partial charge >= 0.3 is 5.97 Å². The van der Waals surface area contributed by atoms with E-state index in [1.54, 1.807) is 24.3 Å². The molecule has 0 saturated heterocycles. The molecular formula is C27H28O3. The fourth-order valence-corrected chi connectivity index (χ4v) is 6.77. The van der Waals surface area contributed by atoms with Gasteiger partial charge in [0, 0.05) is 17.7 Å². The molecule has 30 heavy (non-hydrogen) atoms. The second-order valence-corrected chi connectivity index (χ2v) is 9.68. The van der Waals surface area contributed by atoms with Gasteiger partial charge in [0.2, 0.25) is 0 Å². The van der Waals surface area contributed by atoms with Crippen LogP contribution in [-0.2, 0) is 11.8 Å². The van der Waals surface area contributed by atoms with E-state index in [0.717, 1.165) is 28.9 Å². The van der Waals surface area contributed by atoms with Crippen LogP contribution in [0.2, 0.25) is 0 Å². The van der Waals surface area contributed by atoms with Crippen molar-refractivity contribution in [3.63, 3.8) is 0 Å². The van der Waals surface area contributed by atoms with Crippen LogP contribution in [0.1, 0.15) is 71.1 Å². The zero-order valence-electron chi connectivity index (χ0n) is 17.2. The highest BCUT2D eigenvalue weighted by Gasteiger charge is 2.52. The Morgan fingerprint density at radius 3 is 2.03 bits per heavy atom. The number of hydrogen-bond acceptors (Lipinski definition) is 2. The Morgan fingerprint density at radius 2 is 1.47 bits per heavy atom. The van der Waals surface area contributed by atoms with Crippen molar-refractivity contribution in [2.45, 2.75) is 50.4 Å². The van der Waals surface area contributed by atoms with E-state index in [4.69, 9.17) is 5.11 Å². The molecule has 6 rings (SSSR count). The summed E-state index contributed by atoms with van der Waals surface area (Å²) in [6.45, 7) is 0.181. The van der Waals surface area contributed by atoms with Gasteiger partial charge in [-0.2, -0.15) is 0 Å². The highest BCUT2D eigenvalue weighted by molar-refractivity contribution is 5.87. The molecule has 0 heterocycles. The Balaban J connectivity index is 1.48. The maximum absolute atomic E-state index is 11.0. The van der Waals surface area contributed by atoms with Gasteiger partial charge in [-0.3, -0.25) is 0 Å². The van der Waals surface area contributed by atoms with E-state index >= 15 is 0 Å². The second kappa shape index (κ2) is 7.60. The lowest BCUT2D eigenvalue weighted by atomic mass is 9.47. The maximum Gasteiger partial charge on any atom is 0.335 e. The third-order valence-electron chi connectivity index (χ3n) is 7.58. The van der Waals surface area contributed by atoms with E-state index in [2.05, 4.69) is 30.0 Å². The van der Waals surface area contributed by atoms with Crippen LogP contribution in [0, 0.1) is 29.6 Å². The van der Waals surface area contributed by atoms with Crippen LogP contribution in [0.4, 0.5) is 0 Å². The van der Waals surface area contributed by atoms with E-state index < -0.39 is 5.97 Å². The largest absolute Gasteiger partial charge is 0.478 e. The van der Waals surface area contributed by atoms with Crippen molar-refractivity contribution in [2.24, 2.45) is 17.8 Å². The van der Waals surface area contributed by atoms with Crippen molar-refractivity contribution in [1.82, 2.24) is 0 Å². The lowest BCUT2D eigenvalue weighted by molar-refractivity contribution is -0.00564. The summed E-state index contributed by atoms with van der Waals surface area (Å²) in [4.78, 5) is 11.0. The van der Waals surface area contributed by atoms with Crippen molar-refractivity contribution in [1.29, 1.82) is 0 Å². The first kappa shape index (κ1) is 19.4. The molecule has 0 unspecified atom stereocenters. The van der Waals surface area contributed by atoms with Crippen molar-refractivity contribution in [3.8, 4) is 11.8 Å². The molecule has 0 aliphatic heterocycles. The topological polar surface area (TPSA) is 57.5 Å². The summed E-state index contributed by atoms with van der Waals surface area (Å²) in [7, 11) is 0. The van der Waals surface area contributed by atoms with Gasteiger partial charge in [-0.15, -0.1) is 0 Å². The zero-order chi connectivity index (χ0) is 20.7. The summed E-state index contributed by atoms with van der Waals surface area (Å²) in [5.41, 5.74) is 5.10. The van der Waals surface area contributed by atoms with Gasteiger partial charge in [0.1, 0.15) is 0 Å². The molecule has 4 aliphatic carbocycles. The van der Waals surface area contributed by atoms with Gasteiger partial charge in [0.25, 0.3) is 0 Å². The first-order chi connectivity index (χ1) is 14.5. The summed E-state index contributed by atoms with van der Waals surface area (Å²) in [5.74, 6) is 8.18. The minimum Gasteiger partial charge on any atom is -0.478 e.